The number of thiazole rings is 1. The summed E-state index contributed by atoms with van der Waals surface area (Å²) in [4.78, 5) is 21.2. The van der Waals surface area contributed by atoms with Gasteiger partial charge in [-0.05, 0) is 37.5 Å². The number of piperidine rings is 2. The zero-order chi connectivity index (χ0) is 15.7. The molecule has 1 aromatic rings. The Morgan fingerprint density at radius 1 is 1.35 bits per heavy atom. The Kier molecular flexibility index (Phi) is 4.28. The lowest BCUT2D eigenvalue weighted by Crippen LogP contribution is -2.53. The summed E-state index contributed by atoms with van der Waals surface area (Å²) >= 11 is 1.72. The number of hydrogen-bond donors (Lipinski definition) is 0. The van der Waals surface area contributed by atoms with E-state index in [9.17, 15) is 4.79 Å². The van der Waals surface area contributed by atoms with Crippen LogP contribution in [-0.4, -0.2) is 54.7 Å². The molecule has 126 valence electrons. The molecule has 3 saturated heterocycles. The molecule has 0 aromatic carbocycles. The van der Waals surface area contributed by atoms with Crippen LogP contribution in [0.25, 0.3) is 0 Å². The average Bonchev–Trinajstić information content (AvgIpc) is 3.26. The standard InChI is InChI=1S/C17H25N3O2S/c21-15-3-4-17(13-20(15)12-14-2-1-10-22-14)5-8-19(9-6-17)16-18-7-11-23-16/h7,11,14H,1-6,8-10,12-13H2. The number of anilines is 1. The molecule has 5 nitrogen and oxygen atoms in total. The van der Waals surface area contributed by atoms with Crippen LogP contribution in [0, 0.1) is 5.41 Å². The van der Waals surface area contributed by atoms with E-state index >= 15 is 0 Å². The number of carbonyl (C=O) groups excluding carboxylic acids is 1. The van der Waals surface area contributed by atoms with Crippen LogP contribution >= 0.6 is 11.3 Å². The molecule has 1 amide bonds. The van der Waals surface area contributed by atoms with E-state index in [0.717, 1.165) is 57.2 Å². The second kappa shape index (κ2) is 6.40. The summed E-state index contributed by atoms with van der Waals surface area (Å²) in [5.41, 5.74) is 0.320. The number of ether oxygens (including phenoxy) is 1. The maximum atomic E-state index is 12.3. The van der Waals surface area contributed by atoms with E-state index in [1.807, 2.05) is 11.6 Å². The van der Waals surface area contributed by atoms with E-state index in [1.54, 1.807) is 11.3 Å². The molecule has 1 unspecified atom stereocenters. The highest BCUT2D eigenvalue weighted by molar-refractivity contribution is 7.13. The molecule has 6 heteroatoms. The number of nitrogens with zero attached hydrogens (tertiary/aromatic N) is 3. The Hall–Kier alpha value is -1.14. The quantitative estimate of drug-likeness (QED) is 0.851. The SMILES string of the molecule is O=C1CCC2(CCN(c3nccs3)CC2)CN1CC1CCCO1. The van der Waals surface area contributed by atoms with Gasteiger partial charge in [-0.25, -0.2) is 4.98 Å². The third kappa shape index (κ3) is 3.24. The molecule has 1 aromatic heterocycles. The summed E-state index contributed by atoms with van der Waals surface area (Å²) in [7, 11) is 0. The predicted octanol–water partition coefficient (Wildman–Crippen LogP) is 2.53. The summed E-state index contributed by atoms with van der Waals surface area (Å²) in [6, 6.07) is 0. The molecule has 0 saturated carbocycles. The first-order valence-electron chi connectivity index (χ1n) is 8.78. The minimum Gasteiger partial charge on any atom is -0.376 e. The molecular weight excluding hydrogens is 310 g/mol. The molecule has 4 rings (SSSR count). The lowest BCUT2D eigenvalue weighted by atomic mass is 9.72. The van der Waals surface area contributed by atoms with Gasteiger partial charge in [0, 0.05) is 50.8 Å². The van der Waals surface area contributed by atoms with E-state index in [1.165, 1.54) is 12.8 Å². The number of carbonyl (C=O) groups is 1. The molecule has 3 aliphatic rings. The Morgan fingerprint density at radius 2 is 2.22 bits per heavy atom. The van der Waals surface area contributed by atoms with Gasteiger partial charge in [0.2, 0.25) is 5.91 Å². The Morgan fingerprint density at radius 3 is 2.91 bits per heavy atom. The van der Waals surface area contributed by atoms with E-state index in [-0.39, 0.29) is 6.10 Å². The molecule has 0 radical (unpaired) electrons. The minimum absolute atomic E-state index is 0.268. The second-order valence-corrected chi connectivity index (χ2v) is 8.08. The molecule has 4 heterocycles. The van der Waals surface area contributed by atoms with Crippen molar-refractivity contribution in [1.29, 1.82) is 0 Å². The van der Waals surface area contributed by atoms with Gasteiger partial charge >= 0.3 is 0 Å². The highest BCUT2D eigenvalue weighted by atomic mass is 32.1. The third-order valence-electron chi connectivity index (χ3n) is 5.71. The van der Waals surface area contributed by atoms with Crippen LogP contribution in [0.5, 0.6) is 0 Å². The number of hydrogen-bond acceptors (Lipinski definition) is 5. The summed E-state index contributed by atoms with van der Waals surface area (Å²) in [6.45, 7) is 4.72. The molecule has 23 heavy (non-hydrogen) atoms. The number of likely N-dealkylation sites (tertiary alicyclic amines) is 1. The Bertz CT molecular complexity index is 534. The number of amides is 1. The van der Waals surface area contributed by atoms with Crippen molar-refractivity contribution in [1.82, 2.24) is 9.88 Å². The van der Waals surface area contributed by atoms with Gasteiger partial charge < -0.3 is 14.5 Å². The summed E-state index contributed by atoms with van der Waals surface area (Å²) < 4.78 is 5.74. The van der Waals surface area contributed by atoms with Gasteiger partial charge in [-0.3, -0.25) is 4.79 Å². The lowest BCUT2D eigenvalue weighted by Gasteiger charge is -2.47. The van der Waals surface area contributed by atoms with Gasteiger partial charge in [-0.1, -0.05) is 0 Å². The van der Waals surface area contributed by atoms with Crippen molar-refractivity contribution in [2.24, 2.45) is 5.41 Å². The van der Waals surface area contributed by atoms with Crippen molar-refractivity contribution in [3.05, 3.63) is 11.6 Å². The largest absolute Gasteiger partial charge is 0.376 e. The van der Waals surface area contributed by atoms with Crippen LogP contribution in [0.2, 0.25) is 0 Å². The van der Waals surface area contributed by atoms with Gasteiger partial charge in [0.15, 0.2) is 5.13 Å². The van der Waals surface area contributed by atoms with E-state index in [0.29, 0.717) is 17.7 Å². The van der Waals surface area contributed by atoms with Crippen molar-refractivity contribution in [3.63, 3.8) is 0 Å². The Labute approximate surface area is 141 Å². The number of aromatic nitrogens is 1. The summed E-state index contributed by atoms with van der Waals surface area (Å²) in [5, 5.41) is 3.19. The van der Waals surface area contributed by atoms with Crippen molar-refractivity contribution < 1.29 is 9.53 Å². The van der Waals surface area contributed by atoms with E-state index in [4.69, 9.17) is 4.74 Å². The first kappa shape index (κ1) is 15.4. The molecule has 0 aliphatic carbocycles. The maximum absolute atomic E-state index is 12.3. The van der Waals surface area contributed by atoms with E-state index in [2.05, 4.69) is 14.8 Å². The topological polar surface area (TPSA) is 45.7 Å². The molecule has 0 N–H and O–H groups in total. The van der Waals surface area contributed by atoms with Crippen molar-refractivity contribution in [3.8, 4) is 0 Å². The van der Waals surface area contributed by atoms with Crippen LogP contribution in [0.4, 0.5) is 5.13 Å². The normalized spacial score (nSPS) is 27.8. The van der Waals surface area contributed by atoms with Gasteiger partial charge in [-0.15, -0.1) is 11.3 Å². The van der Waals surface area contributed by atoms with Crippen molar-refractivity contribution >= 4 is 22.4 Å². The number of rotatable bonds is 3. The van der Waals surface area contributed by atoms with Gasteiger partial charge in [0.05, 0.1) is 6.10 Å². The fourth-order valence-corrected chi connectivity index (χ4v) is 4.95. The van der Waals surface area contributed by atoms with E-state index < -0.39 is 0 Å². The average molecular weight is 335 g/mol. The Balaban J connectivity index is 1.38. The van der Waals surface area contributed by atoms with Crippen molar-refractivity contribution in [2.75, 3.05) is 37.7 Å². The smallest absolute Gasteiger partial charge is 0.222 e. The zero-order valence-electron chi connectivity index (χ0n) is 13.6. The molecule has 1 atom stereocenters. The van der Waals surface area contributed by atoms with Crippen LogP contribution < -0.4 is 4.90 Å². The molecule has 3 fully saturated rings. The summed E-state index contributed by atoms with van der Waals surface area (Å²) in [5.74, 6) is 0.327. The highest BCUT2D eigenvalue weighted by Gasteiger charge is 2.41. The molecular formula is C17H25N3O2S. The molecule has 3 aliphatic heterocycles. The monoisotopic (exact) mass is 335 g/mol. The van der Waals surface area contributed by atoms with Gasteiger partial charge in [-0.2, -0.15) is 0 Å². The minimum atomic E-state index is 0.268. The lowest BCUT2D eigenvalue weighted by molar-refractivity contribution is -0.140. The third-order valence-corrected chi connectivity index (χ3v) is 6.54. The van der Waals surface area contributed by atoms with Gasteiger partial charge in [0.25, 0.3) is 0 Å². The van der Waals surface area contributed by atoms with Gasteiger partial charge in [0.1, 0.15) is 0 Å². The first-order valence-corrected chi connectivity index (χ1v) is 9.66. The molecule has 1 spiro atoms. The zero-order valence-corrected chi connectivity index (χ0v) is 14.4. The van der Waals surface area contributed by atoms with Crippen LogP contribution in [0.15, 0.2) is 11.6 Å². The first-order chi connectivity index (χ1) is 11.2. The van der Waals surface area contributed by atoms with Crippen LogP contribution in [0.1, 0.15) is 38.5 Å². The highest BCUT2D eigenvalue weighted by Crippen LogP contribution is 2.41. The summed E-state index contributed by atoms with van der Waals surface area (Å²) in [6.07, 6.45) is 8.50. The van der Waals surface area contributed by atoms with Crippen LogP contribution in [0.3, 0.4) is 0 Å². The fraction of sp³-hybridized carbons (Fsp3) is 0.765. The molecule has 0 bridgehead atoms. The second-order valence-electron chi connectivity index (χ2n) is 7.21. The predicted molar refractivity (Wildman–Crippen MR) is 90.8 cm³/mol. The van der Waals surface area contributed by atoms with Crippen LogP contribution in [-0.2, 0) is 9.53 Å². The fourth-order valence-electron chi connectivity index (χ4n) is 4.26. The van der Waals surface area contributed by atoms with Crippen molar-refractivity contribution in [2.45, 2.75) is 44.6 Å². The maximum Gasteiger partial charge on any atom is 0.222 e.